The minimum absolute atomic E-state index is 0.00579. The van der Waals surface area contributed by atoms with Crippen molar-refractivity contribution < 1.29 is 18.0 Å². The standard InChI is InChI=1S/C8H7F3N2O/c9-8(10,11)13-6-2-1-3-7(14)5(6)4-12-13/h4H,1-3H2. The van der Waals surface area contributed by atoms with Gasteiger partial charge in [0.2, 0.25) is 0 Å². The fourth-order valence-electron chi connectivity index (χ4n) is 1.62. The SMILES string of the molecule is O=C1CCCc2c1cnn2C(F)(F)F. The Labute approximate surface area is 77.5 Å². The van der Waals surface area contributed by atoms with E-state index in [0.29, 0.717) is 12.8 Å². The summed E-state index contributed by atoms with van der Waals surface area (Å²) >= 11 is 0. The van der Waals surface area contributed by atoms with Crippen LogP contribution in [0.4, 0.5) is 13.2 Å². The minimum Gasteiger partial charge on any atom is -0.294 e. The number of ketones is 1. The average Bonchev–Trinajstić information content (AvgIpc) is 2.47. The molecule has 0 bridgehead atoms. The summed E-state index contributed by atoms with van der Waals surface area (Å²) in [6, 6.07) is 0. The molecule has 0 amide bonds. The maximum atomic E-state index is 12.3. The molecule has 0 aromatic carbocycles. The lowest BCUT2D eigenvalue weighted by Crippen LogP contribution is -2.23. The van der Waals surface area contributed by atoms with Crippen molar-refractivity contribution in [3.05, 3.63) is 17.5 Å². The molecular formula is C8H7F3N2O. The van der Waals surface area contributed by atoms with E-state index < -0.39 is 6.30 Å². The highest BCUT2D eigenvalue weighted by atomic mass is 19.4. The molecule has 0 unspecified atom stereocenters. The van der Waals surface area contributed by atoms with E-state index in [1.54, 1.807) is 0 Å². The third kappa shape index (κ3) is 1.30. The van der Waals surface area contributed by atoms with Crippen molar-refractivity contribution in [2.75, 3.05) is 0 Å². The van der Waals surface area contributed by atoms with Crippen LogP contribution in [0.15, 0.2) is 6.20 Å². The van der Waals surface area contributed by atoms with Crippen LogP contribution < -0.4 is 0 Å². The van der Waals surface area contributed by atoms with Gasteiger partial charge in [-0.15, -0.1) is 13.2 Å². The molecule has 6 heteroatoms. The number of carbonyl (C=O) groups is 1. The van der Waals surface area contributed by atoms with Crippen LogP contribution in [-0.4, -0.2) is 15.6 Å². The molecule has 0 aliphatic heterocycles. The lowest BCUT2D eigenvalue weighted by molar-refractivity contribution is -0.213. The predicted octanol–water partition coefficient (Wildman–Crippen LogP) is 1.88. The predicted molar refractivity (Wildman–Crippen MR) is 40.8 cm³/mol. The molecule has 3 nitrogen and oxygen atoms in total. The second-order valence-electron chi connectivity index (χ2n) is 3.16. The monoisotopic (exact) mass is 204 g/mol. The second-order valence-corrected chi connectivity index (χ2v) is 3.16. The van der Waals surface area contributed by atoms with Crippen molar-refractivity contribution in [3.63, 3.8) is 0 Å². The number of aromatic nitrogens is 2. The molecule has 1 aromatic rings. The van der Waals surface area contributed by atoms with Gasteiger partial charge in [0, 0.05) is 6.42 Å². The summed E-state index contributed by atoms with van der Waals surface area (Å²) in [4.78, 5) is 11.2. The van der Waals surface area contributed by atoms with E-state index in [1.165, 1.54) is 0 Å². The summed E-state index contributed by atoms with van der Waals surface area (Å²) < 4.78 is 37.0. The summed E-state index contributed by atoms with van der Waals surface area (Å²) in [6.45, 7) is 0. The molecular weight excluding hydrogens is 197 g/mol. The quantitative estimate of drug-likeness (QED) is 0.646. The van der Waals surface area contributed by atoms with Gasteiger partial charge < -0.3 is 0 Å². The molecule has 0 saturated carbocycles. The van der Waals surface area contributed by atoms with Crippen LogP contribution in [-0.2, 0) is 12.7 Å². The highest BCUT2D eigenvalue weighted by Crippen LogP contribution is 2.28. The smallest absolute Gasteiger partial charge is 0.294 e. The Morgan fingerprint density at radius 1 is 1.36 bits per heavy atom. The van der Waals surface area contributed by atoms with Crippen molar-refractivity contribution in [3.8, 4) is 0 Å². The fraction of sp³-hybridized carbons (Fsp3) is 0.500. The number of fused-ring (bicyclic) bond motifs is 1. The third-order valence-electron chi connectivity index (χ3n) is 2.23. The summed E-state index contributed by atoms with van der Waals surface area (Å²) in [5, 5.41) is 3.19. The first-order valence-corrected chi connectivity index (χ1v) is 4.17. The maximum absolute atomic E-state index is 12.3. The second kappa shape index (κ2) is 2.83. The third-order valence-corrected chi connectivity index (χ3v) is 2.23. The van der Waals surface area contributed by atoms with Gasteiger partial charge >= 0.3 is 6.30 Å². The molecule has 1 aliphatic carbocycles. The van der Waals surface area contributed by atoms with Gasteiger partial charge in [-0.3, -0.25) is 4.79 Å². The lowest BCUT2D eigenvalue weighted by Gasteiger charge is -2.14. The number of carbonyl (C=O) groups excluding carboxylic acids is 1. The van der Waals surface area contributed by atoms with Gasteiger partial charge in [-0.2, -0.15) is 9.78 Å². The number of rotatable bonds is 0. The molecule has 0 fully saturated rings. The molecule has 1 aliphatic rings. The Kier molecular flexibility index (Phi) is 1.87. The summed E-state index contributed by atoms with van der Waals surface area (Å²) in [6.07, 6.45) is -2.47. The lowest BCUT2D eigenvalue weighted by atomic mass is 9.97. The van der Waals surface area contributed by atoms with Gasteiger partial charge in [0.25, 0.3) is 0 Å². The Bertz CT molecular complexity index is 380. The van der Waals surface area contributed by atoms with Crippen LogP contribution in [0, 0.1) is 0 Å². The van der Waals surface area contributed by atoms with Crippen LogP contribution in [0.25, 0.3) is 0 Å². The van der Waals surface area contributed by atoms with E-state index >= 15 is 0 Å². The highest BCUT2D eigenvalue weighted by molar-refractivity contribution is 5.97. The summed E-state index contributed by atoms with van der Waals surface area (Å²) in [5.74, 6) is -0.248. The van der Waals surface area contributed by atoms with E-state index in [1.807, 2.05) is 0 Å². The molecule has 0 saturated heterocycles. The molecule has 76 valence electrons. The topological polar surface area (TPSA) is 34.9 Å². The largest absolute Gasteiger partial charge is 0.504 e. The molecule has 0 radical (unpaired) electrons. The summed E-state index contributed by atoms with van der Waals surface area (Å²) in [5.41, 5.74) is 0.113. The average molecular weight is 204 g/mol. The van der Waals surface area contributed by atoms with E-state index in [0.717, 1.165) is 6.20 Å². The first-order chi connectivity index (χ1) is 6.50. The van der Waals surface area contributed by atoms with E-state index in [2.05, 4.69) is 5.10 Å². The van der Waals surface area contributed by atoms with Crippen molar-refractivity contribution >= 4 is 5.78 Å². The van der Waals surface area contributed by atoms with Crippen LogP contribution in [0.1, 0.15) is 28.9 Å². The summed E-state index contributed by atoms with van der Waals surface area (Å²) in [7, 11) is 0. The zero-order valence-corrected chi connectivity index (χ0v) is 7.14. The Balaban J connectivity index is 2.51. The normalized spacial score (nSPS) is 16.9. The van der Waals surface area contributed by atoms with Gasteiger partial charge in [0.15, 0.2) is 5.78 Å². The van der Waals surface area contributed by atoms with Gasteiger partial charge in [-0.1, -0.05) is 0 Å². The number of hydrogen-bond donors (Lipinski definition) is 0. The van der Waals surface area contributed by atoms with Gasteiger partial charge in [0.1, 0.15) is 0 Å². The Hall–Kier alpha value is -1.33. The van der Waals surface area contributed by atoms with Gasteiger partial charge in [-0.25, -0.2) is 0 Å². The zero-order chi connectivity index (χ0) is 10.3. The highest BCUT2D eigenvalue weighted by Gasteiger charge is 2.37. The van der Waals surface area contributed by atoms with Gasteiger partial charge in [0.05, 0.1) is 17.5 Å². The van der Waals surface area contributed by atoms with Gasteiger partial charge in [-0.05, 0) is 12.8 Å². The van der Waals surface area contributed by atoms with E-state index in [-0.39, 0.29) is 28.1 Å². The minimum atomic E-state index is -4.52. The fourth-order valence-corrected chi connectivity index (χ4v) is 1.62. The van der Waals surface area contributed by atoms with E-state index in [4.69, 9.17) is 0 Å². The number of hydrogen-bond acceptors (Lipinski definition) is 2. The molecule has 1 heterocycles. The molecule has 14 heavy (non-hydrogen) atoms. The molecule has 2 rings (SSSR count). The molecule has 0 atom stereocenters. The van der Waals surface area contributed by atoms with Crippen molar-refractivity contribution in [1.29, 1.82) is 0 Å². The Morgan fingerprint density at radius 2 is 2.07 bits per heavy atom. The molecule has 1 aromatic heterocycles. The van der Waals surface area contributed by atoms with Crippen LogP contribution in [0.3, 0.4) is 0 Å². The van der Waals surface area contributed by atoms with Crippen LogP contribution >= 0.6 is 0 Å². The zero-order valence-electron chi connectivity index (χ0n) is 7.14. The van der Waals surface area contributed by atoms with Crippen LogP contribution in [0.2, 0.25) is 0 Å². The molecule has 0 N–H and O–H groups in total. The maximum Gasteiger partial charge on any atom is 0.504 e. The first kappa shape index (κ1) is 9.23. The van der Waals surface area contributed by atoms with Crippen molar-refractivity contribution in [2.24, 2.45) is 0 Å². The Morgan fingerprint density at radius 3 is 2.71 bits per heavy atom. The van der Waals surface area contributed by atoms with E-state index in [9.17, 15) is 18.0 Å². The van der Waals surface area contributed by atoms with Crippen molar-refractivity contribution in [1.82, 2.24) is 9.78 Å². The number of nitrogens with zero attached hydrogens (tertiary/aromatic N) is 2. The number of halogens is 3. The number of Topliss-reactive ketones (excluding diaryl/α,β-unsaturated/α-hetero) is 1. The number of alkyl halides is 3. The molecule has 0 spiro atoms. The van der Waals surface area contributed by atoms with Crippen molar-refractivity contribution in [2.45, 2.75) is 25.6 Å². The van der Waals surface area contributed by atoms with Crippen LogP contribution in [0.5, 0.6) is 0 Å². The first-order valence-electron chi connectivity index (χ1n) is 4.17.